The van der Waals surface area contributed by atoms with Gasteiger partial charge in [-0.15, -0.1) is 0 Å². The molecule has 1 N–H and O–H groups in total. The molecule has 0 radical (unpaired) electrons. The summed E-state index contributed by atoms with van der Waals surface area (Å²) < 4.78 is 32.3. The first kappa shape index (κ1) is 15.2. The summed E-state index contributed by atoms with van der Waals surface area (Å²) in [5.41, 5.74) is 0.0546. The summed E-state index contributed by atoms with van der Waals surface area (Å²) in [4.78, 5) is 0. The van der Waals surface area contributed by atoms with Gasteiger partial charge < -0.3 is 9.84 Å². The van der Waals surface area contributed by atoms with Crippen LogP contribution in [0.2, 0.25) is 10.0 Å². The monoisotopic (exact) mass is 318 g/mol. The van der Waals surface area contributed by atoms with Gasteiger partial charge in [0.2, 0.25) is 0 Å². The molecule has 0 amide bonds. The average molecular weight is 319 g/mol. The van der Waals surface area contributed by atoms with E-state index < -0.39 is 17.9 Å². The van der Waals surface area contributed by atoms with Crippen LogP contribution in [-0.2, 0) is 11.3 Å². The Hall–Kier alpha value is -1.20. The van der Waals surface area contributed by atoms with E-state index in [-0.39, 0.29) is 27.8 Å². The molecule has 2 aromatic carbocycles. The lowest BCUT2D eigenvalue weighted by molar-refractivity contribution is -0.114. The molecule has 0 saturated heterocycles. The molecule has 6 heteroatoms. The molecule has 2 aromatic rings. The van der Waals surface area contributed by atoms with E-state index in [0.29, 0.717) is 0 Å². The fraction of sp³-hybridized carbons (Fsp3) is 0.143. The van der Waals surface area contributed by atoms with Crippen LogP contribution >= 0.6 is 23.2 Å². The molecule has 0 aliphatic heterocycles. The van der Waals surface area contributed by atoms with Crippen molar-refractivity contribution in [1.29, 1.82) is 0 Å². The van der Waals surface area contributed by atoms with E-state index in [1.54, 1.807) is 6.07 Å². The molecule has 106 valence electrons. The van der Waals surface area contributed by atoms with E-state index in [4.69, 9.17) is 27.9 Å². The SMILES string of the molecule is OC(OCc1cccc(Cl)c1F)c1cccc(Cl)c1F. The second-order valence-electron chi connectivity index (χ2n) is 4.02. The molecule has 1 atom stereocenters. The first-order chi connectivity index (χ1) is 9.50. The zero-order valence-electron chi connectivity index (χ0n) is 10.1. The first-order valence-electron chi connectivity index (χ1n) is 5.67. The van der Waals surface area contributed by atoms with Gasteiger partial charge in [-0.1, -0.05) is 47.5 Å². The van der Waals surface area contributed by atoms with E-state index >= 15 is 0 Å². The largest absolute Gasteiger partial charge is 0.364 e. The lowest BCUT2D eigenvalue weighted by Gasteiger charge is -2.14. The Kier molecular flexibility index (Phi) is 4.94. The Morgan fingerprint density at radius 3 is 2.30 bits per heavy atom. The minimum Gasteiger partial charge on any atom is -0.364 e. The number of rotatable bonds is 4. The minimum absolute atomic E-state index is 0.0467. The van der Waals surface area contributed by atoms with Gasteiger partial charge in [0.1, 0.15) is 11.6 Å². The van der Waals surface area contributed by atoms with Crippen LogP contribution in [0, 0.1) is 11.6 Å². The number of hydrogen-bond acceptors (Lipinski definition) is 2. The molecule has 0 aliphatic carbocycles. The highest BCUT2D eigenvalue weighted by Crippen LogP contribution is 2.26. The maximum Gasteiger partial charge on any atom is 0.184 e. The van der Waals surface area contributed by atoms with E-state index in [1.165, 1.54) is 30.3 Å². The van der Waals surface area contributed by atoms with Gasteiger partial charge in [-0.05, 0) is 12.1 Å². The molecule has 0 aliphatic rings. The molecular weight excluding hydrogens is 309 g/mol. The summed E-state index contributed by atoms with van der Waals surface area (Å²) in [6, 6.07) is 8.57. The van der Waals surface area contributed by atoms with Crippen molar-refractivity contribution in [3.05, 3.63) is 69.2 Å². The van der Waals surface area contributed by atoms with Crippen molar-refractivity contribution in [2.45, 2.75) is 12.9 Å². The Morgan fingerprint density at radius 1 is 1.00 bits per heavy atom. The summed E-state index contributed by atoms with van der Waals surface area (Å²) >= 11 is 11.2. The highest BCUT2D eigenvalue weighted by Gasteiger charge is 2.16. The van der Waals surface area contributed by atoms with Crippen molar-refractivity contribution in [2.75, 3.05) is 0 Å². The van der Waals surface area contributed by atoms with Crippen LogP contribution < -0.4 is 0 Å². The third kappa shape index (κ3) is 3.27. The number of aliphatic hydroxyl groups excluding tert-OH is 1. The molecule has 0 fully saturated rings. The van der Waals surface area contributed by atoms with Crippen LogP contribution in [0.25, 0.3) is 0 Å². The average Bonchev–Trinajstić information content (AvgIpc) is 2.43. The Labute approximate surface area is 124 Å². The molecule has 20 heavy (non-hydrogen) atoms. The van der Waals surface area contributed by atoms with Gasteiger partial charge in [0, 0.05) is 11.1 Å². The maximum atomic E-state index is 13.7. The van der Waals surface area contributed by atoms with Crippen molar-refractivity contribution in [3.63, 3.8) is 0 Å². The number of hydrogen-bond donors (Lipinski definition) is 1. The van der Waals surface area contributed by atoms with Crippen LogP contribution in [0.3, 0.4) is 0 Å². The molecule has 0 bridgehead atoms. The van der Waals surface area contributed by atoms with Crippen molar-refractivity contribution in [3.8, 4) is 0 Å². The molecular formula is C14H10Cl2F2O2. The van der Waals surface area contributed by atoms with E-state index in [1.807, 2.05) is 0 Å². The summed E-state index contributed by atoms with van der Waals surface area (Å²) in [5, 5.41) is 9.60. The lowest BCUT2D eigenvalue weighted by atomic mass is 10.2. The molecule has 0 spiro atoms. The van der Waals surface area contributed by atoms with Crippen molar-refractivity contribution in [2.24, 2.45) is 0 Å². The molecule has 0 aromatic heterocycles. The second-order valence-corrected chi connectivity index (χ2v) is 4.83. The third-order valence-electron chi connectivity index (χ3n) is 2.68. The number of halogens is 4. The van der Waals surface area contributed by atoms with E-state index in [0.717, 1.165) is 0 Å². The van der Waals surface area contributed by atoms with Gasteiger partial charge in [-0.2, -0.15) is 0 Å². The minimum atomic E-state index is -1.55. The predicted molar refractivity (Wildman–Crippen MR) is 72.6 cm³/mol. The zero-order valence-corrected chi connectivity index (χ0v) is 11.6. The quantitative estimate of drug-likeness (QED) is 0.842. The number of benzene rings is 2. The Morgan fingerprint density at radius 2 is 1.60 bits per heavy atom. The Bertz CT molecular complexity index is 620. The van der Waals surface area contributed by atoms with Gasteiger partial charge in [-0.25, -0.2) is 8.78 Å². The molecule has 2 nitrogen and oxygen atoms in total. The van der Waals surface area contributed by atoms with Gasteiger partial charge >= 0.3 is 0 Å². The highest BCUT2D eigenvalue weighted by atomic mass is 35.5. The van der Waals surface area contributed by atoms with E-state index in [2.05, 4.69) is 0 Å². The van der Waals surface area contributed by atoms with Gasteiger partial charge in [-0.3, -0.25) is 0 Å². The standard InChI is InChI=1S/C14H10Cl2F2O2/c15-10-5-1-3-8(12(10)17)7-20-14(19)9-4-2-6-11(16)13(9)18/h1-6,14,19H,7H2. The van der Waals surface area contributed by atoms with Crippen LogP contribution in [0.4, 0.5) is 8.78 Å². The van der Waals surface area contributed by atoms with E-state index in [9.17, 15) is 13.9 Å². The fourth-order valence-electron chi connectivity index (χ4n) is 1.63. The molecule has 1 unspecified atom stereocenters. The second kappa shape index (κ2) is 6.50. The number of ether oxygens (including phenoxy) is 1. The number of aliphatic hydroxyl groups is 1. The summed E-state index contributed by atoms with van der Waals surface area (Å²) in [5.74, 6) is -1.40. The zero-order chi connectivity index (χ0) is 14.7. The lowest BCUT2D eigenvalue weighted by Crippen LogP contribution is -2.07. The van der Waals surface area contributed by atoms with Gasteiger partial charge in [0.25, 0.3) is 0 Å². The predicted octanol–water partition coefficient (Wildman–Crippen LogP) is 4.48. The fourth-order valence-corrected chi connectivity index (χ4v) is 2.01. The van der Waals surface area contributed by atoms with Crippen LogP contribution in [-0.4, -0.2) is 5.11 Å². The maximum absolute atomic E-state index is 13.7. The van der Waals surface area contributed by atoms with Crippen LogP contribution in [0.1, 0.15) is 17.4 Å². The summed E-state index contributed by atoms with van der Waals surface area (Å²) in [7, 11) is 0. The summed E-state index contributed by atoms with van der Waals surface area (Å²) in [6.07, 6.45) is -1.55. The van der Waals surface area contributed by atoms with Crippen LogP contribution in [0.5, 0.6) is 0 Å². The smallest absolute Gasteiger partial charge is 0.184 e. The third-order valence-corrected chi connectivity index (χ3v) is 3.26. The van der Waals surface area contributed by atoms with Crippen molar-refractivity contribution < 1.29 is 18.6 Å². The van der Waals surface area contributed by atoms with Crippen molar-refractivity contribution in [1.82, 2.24) is 0 Å². The normalized spacial score (nSPS) is 12.4. The topological polar surface area (TPSA) is 29.5 Å². The van der Waals surface area contributed by atoms with Crippen LogP contribution in [0.15, 0.2) is 36.4 Å². The van der Waals surface area contributed by atoms with Gasteiger partial charge in [0.05, 0.1) is 16.7 Å². The molecule has 0 saturated carbocycles. The highest BCUT2D eigenvalue weighted by molar-refractivity contribution is 6.31. The molecule has 2 rings (SSSR count). The molecule has 0 heterocycles. The Balaban J connectivity index is 2.11. The first-order valence-corrected chi connectivity index (χ1v) is 6.42. The summed E-state index contributed by atoms with van der Waals surface area (Å²) in [6.45, 7) is -0.250. The van der Waals surface area contributed by atoms with Gasteiger partial charge in [0.15, 0.2) is 6.29 Å². The van der Waals surface area contributed by atoms with Crippen molar-refractivity contribution >= 4 is 23.2 Å².